The van der Waals surface area contributed by atoms with Gasteiger partial charge < -0.3 is 28.8 Å². The van der Waals surface area contributed by atoms with Gasteiger partial charge in [-0.1, -0.05) is 172 Å². The fourth-order valence-corrected chi connectivity index (χ4v) is 7.19. The molecule has 57 heavy (non-hydrogen) atoms. The smallest absolute Gasteiger partial charge is 0.268 e. The molecule has 0 aliphatic heterocycles. The third kappa shape index (κ3) is 42.4. The summed E-state index contributed by atoms with van der Waals surface area (Å²) in [5, 5.41) is 13.7. The maximum atomic E-state index is 12.9. The maximum Gasteiger partial charge on any atom is 0.268 e. The monoisotopic (exact) mass is 823 g/mol. The number of carbonyl (C=O) groups excluding carboxylic acids is 1. The summed E-state index contributed by atoms with van der Waals surface area (Å²) in [6.45, 7) is 4.59. The van der Waals surface area contributed by atoms with Crippen LogP contribution in [-0.2, 0) is 18.4 Å². The second kappa shape index (κ2) is 39.9. The average Bonchev–Trinajstić information content (AvgIpc) is 3.16. The third-order valence-electron chi connectivity index (χ3n) is 10.2. The summed E-state index contributed by atoms with van der Waals surface area (Å²) in [4.78, 5) is 25.3. The third-order valence-corrected chi connectivity index (χ3v) is 11.2. The molecular weight excluding hydrogens is 732 g/mol. The summed E-state index contributed by atoms with van der Waals surface area (Å²) in [5.74, 6) is -0.217. The number of aliphatic hydroxyl groups is 1. The molecule has 0 aromatic carbocycles. The minimum atomic E-state index is -4.60. The van der Waals surface area contributed by atoms with Crippen molar-refractivity contribution in [2.24, 2.45) is 0 Å². The fraction of sp³-hybridized carbons (Fsp3) is 0.812. The topological polar surface area (TPSA) is 108 Å². The van der Waals surface area contributed by atoms with E-state index in [9.17, 15) is 19.4 Å². The molecule has 8 nitrogen and oxygen atoms in total. The molecule has 0 heterocycles. The van der Waals surface area contributed by atoms with Gasteiger partial charge >= 0.3 is 0 Å². The first-order valence-electron chi connectivity index (χ1n) is 23.5. The van der Waals surface area contributed by atoms with Crippen molar-refractivity contribution >= 4 is 13.7 Å². The van der Waals surface area contributed by atoms with Gasteiger partial charge in [0.1, 0.15) is 13.2 Å². The molecule has 9 heteroatoms. The van der Waals surface area contributed by atoms with Crippen LogP contribution < -0.4 is 10.2 Å². The molecule has 2 N–H and O–H groups in total. The van der Waals surface area contributed by atoms with Crippen LogP contribution in [0.4, 0.5) is 0 Å². The molecule has 334 valence electrons. The minimum absolute atomic E-state index is 0.0108. The Morgan fingerprint density at radius 1 is 0.596 bits per heavy atom. The molecule has 0 aliphatic carbocycles. The Hall–Kier alpha value is -1.54. The van der Waals surface area contributed by atoms with Crippen LogP contribution in [0.2, 0.25) is 0 Å². The van der Waals surface area contributed by atoms with Gasteiger partial charge in [0.2, 0.25) is 5.91 Å². The zero-order valence-electron chi connectivity index (χ0n) is 37.8. The maximum absolute atomic E-state index is 12.9. The Kier molecular flexibility index (Phi) is 38.8. The van der Waals surface area contributed by atoms with Gasteiger partial charge in [-0.2, -0.15) is 0 Å². The molecule has 0 aromatic rings. The van der Waals surface area contributed by atoms with Crippen molar-refractivity contribution in [1.82, 2.24) is 5.32 Å². The Balaban J connectivity index is 4.39. The predicted octanol–water partition coefficient (Wildman–Crippen LogP) is 12.6. The van der Waals surface area contributed by atoms with Gasteiger partial charge in [0, 0.05) is 6.42 Å². The van der Waals surface area contributed by atoms with Crippen molar-refractivity contribution < 1.29 is 32.9 Å². The normalized spacial score (nSPS) is 14.7. The molecule has 0 spiro atoms. The van der Waals surface area contributed by atoms with Crippen molar-refractivity contribution in [2.75, 3.05) is 40.9 Å². The lowest BCUT2D eigenvalue weighted by Crippen LogP contribution is -2.45. The summed E-state index contributed by atoms with van der Waals surface area (Å²) < 4.78 is 23.2. The van der Waals surface area contributed by atoms with Crippen LogP contribution in [0, 0.1) is 0 Å². The van der Waals surface area contributed by atoms with E-state index in [2.05, 4.69) is 55.6 Å². The molecule has 0 rings (SSSR count). The van der Waals surface area contributed by atoms with Crippen molar-refractivity contribution in [1.29, 1.82) is 0 Å². The summed E-state index contributed by atoms with van der Waals surface area (Å²) in [6, 6.07) is -0.911. The van der Waals surface area contributed by atoms with Crippen LogP contribution in [0.15, 0.2) is 48.6 Å². The van der Waals surface area contributed by atoms with E-state index >= 15 is 0 Å². The highest BCUT2D eigenvalue weighted by Crippen LogP contribution is 2.38. The number of unbranched alkanes of at least 4 members (excludes halogenated alkanes) is 23. The van der Waals surface area contributed by atoms with E-state index in [1.807, 2.05) is 27.2 Å². The van der Waals surface area contributed by atoms with Crippen molar-refractivity contribution in [2.45, 2.75) is 212 Å². The number of phosphoric acid groups is 1. The Labute approximate surface area is 352 Å². The fourth-order valence-electron chi connectivity index (χ4n) is 6.47. The molecule has 0 radical (unpaired) electrons. The highest BCUT2D eigenvalue weighted by molar-refractivity contribution is 7.45. The van der Waals surface area contributed by atoms with E-state index in [1.165, 1.54) is 128 Å². The van der Waals surface area contributed by atoms with Gasteiger partial charge in [-0.25, -0.2) is 0 Å². The summed E-state index contributed by atoms with van der Waals surface area (Å²) in [7, 11) is 1.23. The van der Waals surface area contributed by atoms with Crippen LogP contribution in [0.3, 0.4) is 0 Å². The Bertz CT molecular complexity index is 1070. The predicted molar refractivity (Wildman–Crippen MR) is 242 cm³/mol. The number of likely N-dealkylation sites (N-methyl/N-ethyl adjacent to an activating group) is 1. The van der Waals surface area contributed by atoms with Crippen molar-refractivity contribution in [3.05, 3.63) is 48.6 Å². The molecule has 0 saturated carbocycles. The van der Waals surface area contributed by atoms with Gasteiger partial charge in [-0.3, -0.25) is 9.36 Å². The first-order valence-corrected chi connectivity index (χ1v) is 25.0. The molecule has 0 aromatic heterocycles. The molecule has 3 atom stereocenters. The number of rotatable bonds is 42. The number of quaternary nitrogens is 1. The molecule has 0 fully saturated rings. The van der Waals surface area contributed by atoms with Crippen molar-refractivity contribution in [3.63, 3.8) is 0 Å². The summed E-state index contributed by atoms with van der Waals surface area (Å²) in [5.41, 5.74) is 0. The van der Waals surface area contributed by atoms with E-state index in [1.54, 1.807) is 6.08 Å². The van der Waals surface area contributed by atoms with E-state index in [0.29, 0.717) is 17.4 Å². The van der Waals surface area contributed by atoms with E-state index < -0.39 is 26.6 Å². The molecule has 0 bridgehead atoms. The SMILES string of the molecule is CCCCCC/C=C/CC/C=C/CC/C=C/C(O)C(COP(=O)([O-])OCC[N+](C)(C)C)NC(=O)CCCCCCCCC/C=C\CCCCCCCCCCCC. The zero-order valence-corrected chi connectivity index (χ0v) is 38.7. The lowest BCUT2D eigenvalue weighted by molar-refractivity contribution is -0.870. The Morgan fingerprint density at radius 3 is 1.44 bits per heavy atom. The summed E-state index contributed by atoms with van der Waals surface area (Å²) in [6.07, 6.45) is 50.2. The average molecular weight is 823 g/mol. The van der Waals surface area contributed by atoms with Gasteiger partial charge in [0.15, 0.2) is 0 Å². The number of nitrogens with one attached hydrogen (secondary N) is 1. The van der Waals surface area contributed by atoms with Crippen LogP contribution in [0.5, 0.6) is 0 Å². The number of phosphoric ester groups is 1. The molecule has 1 amide bonds. The molecule has 0 aliphatic rings. The highest BCUT2D eigenvalue weighted by Gasteiger charge is 2.23. The van der Waals surface area contributed by atoms with E-state index in [0.717, 1.165) is 51.4 Å². The molecule has 3 unspecified atom stereocenters. The van der Waals surface area contributed by atoms with Crippen LogP contribution >= 0.6 is 7.82 Å². The number of nitrogens with zero attached hydrogens (tertiary/aromatic N) is 1. The second-order valence-electron chi connectivity index (χ2n) is 17.1. The van der Waals surface area contributed by atoms with Crippen LogP contribution in [-0.4, -0.2) is 68.5 Å². The van der Waals surface area contributed by atoms with Gasteiger partial charge in [0.25, 0.3) is 7.82 Å². The second-order valence-corrected chi connectivity index (χ2v) is 18.5. The number of carbonyl (C=O) groups is 1. The van der Waals surface area contributed by atoms with Gasteiger partial charge in [0.05, 0.1) is 39.9 Å². The largest absolute Gasteiger partial charge is 0.756 e. The standard InChI is InChI=1S/C48H91N2O6P/c1-6-8-10-12-14-16-18-20-22-23-24-25-26-27-28-30-32-34-36-38-40-42-48(52)49-46(45-56-57(53,54)55-44-43-50(3,4)5)47(51)41-39-37-35-33-31-29-21-19-17-15-13-11-9-7-2/h17,19,25-26,31,33,39,41,46-47,51H,6-16,18,20-24,27-30,32,34-38,40,42-45H2,1-5H3,(H-,49,52,53,54)/b19-17+,26-25-,33-31+,41-39+. The Morgan fingerprint density at radius 2 is 0.982 bits per heavy atom. The first-order chi connectivity index (χ1) is 27.5. The zero-order chi connectivity index (χ0) is 42.1. The van der Waals surface area contributed by atoms with Crippen LogP contribution in [0.1, 0.15) is 200 Å². The van der Waals surface area contributed by atoms with Gasteiger partial charge in [-0.15, -0.1) is 0 Å². The van der Waals surface area contributed by atoms with Crippen molar-refractivity contribution in [3.8, 4) is 0 Å². The first kappa shape index (κ1) is 55.5. The minimum Gasteiger partial charge on any atom is -0.756 e. The number of hydrogen-bond acceptors (Lipinski definition) is 6. The van der Waals surface area contributed by atoms with Gasteiger partial charge in [-0.05, 0) is 70.6 Å². The quantitative estimate of drug-likeness (QED) is 0.0275. The number of hydrogen-bond donors (Lipinski definition) is 2. The highest BCUT2D eigenvalue weighted by atomic mass is 31.2. The molecular formula is C48H91N2O6P. The van der Waals surface area contributed by atoms with E-state index in [-0.39, 0.29) is 12.5 Å². The summed E-state index contributed by atoms with van der Waals surface area (Å²) >= 11 is 0. The number of aliphatic hydroxyl groups excluding tert-OH is 1. The molecule has 0 saturated heterocycles. The van der Waals surface area contributed by atoms with Crippen LogP contribution in [0.25, 0.3) is 0 Å². The lowest BCUT2D eigenvalue weighted by atomic mass is 10.1. The number of allylic oxidation sites excluding steroid dienone is 7. The lowest BCUT2D eigenvalue weighted by Gasteiger charge is -2.29. The van der Waals surface area contributed by atoms with E-state index in [4.69, 9.17) is 9.05 Å². The number of amides is 1.